The van der Waals surface area contributed by atoms with Crippen LogP contribution in [0.5, 0.6) is 0 Å². The number of carbonyl (C=O) groups is 4. The summed E-state index contributed by atoms with van der Waals surface area (Å²) < 4.78 is 32.8. The normalized spacial score (nSPS) is 19.0. The van der Waals surface area contributed by atoms with E-state index in [1.165, 1.54) is 19.6 Å². The van der Waals surface area contributed by atoms with Crippen LogP contribution in [0, 0.1) is 17.6 Å². The Labute approximate surface area is 247 Å². The number of carboxylic acid groups (broad SMARTS) is 1. The van der Waals surface area contributed by atoms with Crippen LogP contribution in [0.3, 0.4) is 0 Å². The molecule has 2 aliphatic rings. The Balaban J connectivity index is 1.39. The van der Waals surface area contributed by atoms with E-state index in [2.05, 4.69) is 26.6 Å². The Bertz CT molecular complexity index is 1460. The van der Waals surface area contributed by atoms with Gasteiger partial charge in [-0.3, -0.25) is 14.5 Å². The average Bonchev–Trinajstić information content (AvgIpc) is 2.96. The van der Waals surface area contributed by atoms with Crippen molar-refractivity contribution in [3.8, 4) is 0 Å². The number of ether oxygens (including phenoxy) is 1. The summed E-state index contributed by atoms with van der Waals surface area (Å²) in [5.41, 5.74) is 2.73. The van der Waals surface area contributed by atoms with Crippen LogP contribution in [0.1, 0.15) is 36.9 Å². The molecule has 2 heterocycles. The van der Waals surface area contributed by atoms with Crippen molar-refractivity contribution < 1.29 is 37.8 Å². The van der Waals surface area contributed by atoms with Crippen molar-refractivity contribution in [3.05, 3.63) is 71.3 Å². The molecule has 2 atom stereocenters. The fourth-order valence-corrected chi connectivity index (χ4v) is 5.25. The molecule has 228 valence electrons. The van der Waals surface area contributed by atoms with E-state index < -0.39 is 41.6 Å². The minimum absolute atomic E-state index is 0.0724. The summed E-state index contributed by atoms with van der Waals surface area (Å²) in [6, 6.07) is 6.97. The van der Waals surface area contributed by atoms with Crippen LogP contribution in [0.25, 0.3) is 5.57 Å². The number of aliphatic imine (C=N–C) groups is 1. The van der Waals surface area contributed by atoms with Crippen molar-refractivity contribution in [2.75, 3.05) is 45.2 Å². The summed E-state index contributed by atoms with van der Waals surface area (Å²) in [7, 11) is 1.29. The van der Waals surface area contributed by atoms with E-state index in [-0.39, 0.29) is 30.3 Å². The number of imide groups is 1. The lowest BCUT2D eigenvalue weighted by Gasteiger charge is -2.37. The molecule has 3 N–H and O–H groups in total. The van der Waals surface area contributed by atoms with Crippen molar-refractivity contribution in [1.29, 1.82) is 0 Å². The maximum Gasteiger partial charge on any atom is 0.352 e. The number of benzene rings is 2. The molecule has 0 radical (unpaired) electrons. The van der Waals surface area contributed by atoms with Crippen molar-refractivity contribution in [3.63, 3.8) is 0 Å². The highest BCUT2D eigenvalue weighted by Gasteiger charge is 2.46. The van der Waals surface area contributed by atoms with E-state index in [0.717, 1.165) is 42.4 Å². The molecule has 0 spiro atoms. The van der Waals surface area contributed by atoms with Gasteiger partial charge in [0.2, 0.25) is 5.91 Å². The van der Waals surface area contributed by atoms with Crippen molar-refractivity contribution in [2.24, 2.45) is 10.9 Å². The molecule has 5 amide bonds. The topological polar surface area (TPSA) is 141 Å². The standard InChI is InChI=1S/C30H33F2N5O6/c1-18(38)34-22-6-3-5-20(15-22)19-9-13-36(14-10-19)12-4-11-33-29(41)37-27(21-7-8-23(31)24(32)16-21)26(28(39)40)25(17-43-2)35-30(37)42/h3,5-9,15-16,26-27H,4,10-14,17H2,1-2H3,(H,33,41)(H,34,38)(H,39,40)/t26?,27-/m0/s1. The highest BCUT2D eigenvalue weighted by atomic mass is 19.2. The van der Waals surface area contributed by atoms with Crippen LogP contribution < -0.4 is 10.6 Å². The molecule has 1 unspecified atom stereocenters. The Morgan fingerprint density at radius 3 is 2.58 bits per heavy atom. The van der Waals surface area contributed by atoms with Gasteiger partial charge in [-0.05, 0) is 53.8 Å². The number of rotatable bonds is 10. The second kappa shape index (κ2) is 14.1. The third-order valence-electron chi connectivity index (χ3n) is 7.23. The van der Waals surface area contributed by atoms with Gasteiger partial charge in [-0.25, -0.2) is 23.3 Å². The van der Waals surface area contributed by atoms with Gasteiger partial charge >= 0.3 is 18.0 Å². The number of carboxylic acids is 1. The molecule has 4 rings (SSSR count). The largest absolute Gasteiger partial charge is 0.481 e. The second-order valence-corrected chi connectivity index (χ2v) is 10.3. The number of urea groups is 2. The van der Waals surface area contributed by atoms with Crippen LogP contribution in [0.4, 0.5) is 24.1 Å². The van der Waals surface area contributed by atoms with E-state index in [4.69, 9.17) is 4.74 Å². The molecule has 11 nitrogen and oxygen atoms in total. The number of carbonyl (C=O) groups excluding carboxylic acids is 3. The SMILES string of the molecule is COCC1=NC(=O)N(C(=O)NCCCN2CC=C(c3cccc(NC(C)=O)c3)CC2)[C@@H](c2ccc(F)c(F)c2)C1C(=O)O. The molecule has 2 aromatic rings. The van der Waals surface area contributed by atoms with Gasteiger partial charge < -0.3 is 20.5 Å². The quantitative estimate of drug-likeness (QED) is 0.351. The molecule has 0 bridgehead atoms. The molecule has 2 aliphatic heterocycles. The number of hydrogen-bond donors (Lipinski definition) is 3. The predicted molar refractivity (Wildman–Crippen MR) is 155 cm³/mol. The van der Waals surface area contributed by atoms with Crippen molar-refractivity contribution in [1.82, 2.24) is 15.1 Å². The summed E-state index contributed by atoms with van der Waals surface area (Å²) in [6.45, 7) is 3.44. The van der Waals surface area contributed by atoms with Gasteiger partial charge in [0.05, 0.1) is 18.4 Å². The van der Waals surface area contributed by atoms with Crippen LogP contribution in [-0.4, -0.2) is 84.5 Å². The smallest absolute Gasteiger partial charge is 0.352 e. The maximum atomic E-state index is 14.1. The highest BCUT2D eigenvalue weighted by molar-refractivity contribution is 6.12. The Hall–Kier alpha value is -4.49. The summed E-state index contributed by atoms with van der Waals surface area (Å²) in [5.74, 6) is -5.47. The number of hydrogen-bond acceptors (Lipinski definition) is 6. The number of aliphatic carboxylic acids is 1. The molecular formula is C30H33F2N5O6. The highest BCUT2D eigenvalue weighted by Crippen LogP contribution is 2.35. The summed E-state index contributed by atoms with van der Waals surface area (Å²) in [4.78, 5) is 56.4. The van der Waals surface area contributed by atoms with Crippen LogP contribution in [0.2, 0.25) is 0 Å². The Morgan fingerprint density at radius 2 is 1.93 bits per heavy atom. The fourth-order valence-electron chi connectivity index (χ4n) is 5.25. The first-order valence-electron chi connectivity index (χ1n) is 13.7. The lowest BCUT2D eigenvalue weighted by atomic mass is 9.86. The summed E-state index contributed by atoms with van der Waals surface area (Å²) in [5, 5.41) is 15.4. The third kappa shape index (κ3) is 7.67. The lowest BCUT2D eigenvalue weighted by molar-refractivity contribution is -0.141. The minimum atomic E-state index is -1.53. The molecule has 0 aliphatic carbocycles. The number of nitrogens with zero attached hydrogens (tertiary/aromatic N) is 3. The van der Waals surface area contributed by atoms with Gasteiger partial charge in [-0.1, -0.05) is 24.3 Å². The summed E-state index contributed by atoms with van der Waals surface area (Å²) in [6.07, 6.45) is 3.45. The maximum absolute atomic E-state index is 14.1. The third-order valence-corrected chi connectivity index (χ3v) is 7.23. The first kappa shape index (κ1) is 31.4. The number of amides is 5. The average molecular weight is 598 g/mol. The molecule has 0 saturated carbocycles. The van der Waals surface area contributed by atoms with Crippen LogP contribution >= 0.6 is 0 Å². The summed E-state index contributed by atoms with van der Waals surface area (Å²) >= 11 is 0. The van der Waals surface area contributed by atoms with Gasteiger partial charge in [0.15, 0.2) is 11.6 Å². The zero-order valence-corrected chi connectivity index (χ0v) is 23.8. The lowest BCUT2D eigenvalue weighted by Crippen LogP contribution is -2.53. The zero-order valence-electron chi connectivity index (χ0n) is 23.8. The fraction of sp³-hybridized carbons (Fsp3) is 0.367. The Kier molecular flexibility index (Phi) is 10.3. The molecule has 0 aromatic heterocycles. The van der Waals surface area contributed by atoms with Crippen molar-refractivity contribution >= 4 is 40.9 Å². The van der Waals surface area contributed by atoms with E-state index in [1.807, 2.05) is 24.3 Å². The van der Waals surface area contributed by atoms with Crippen molar-refractivity contribution in [2.45, 2.75) is 25.8 Å². The van der Waals surface area contributed by atoms with Gasteiger partial charge in [-0.2, -0.15) is 4.99 Å². The molecule has 43 heavy (non-hydrogen) atoms. The minimum Gasteiger partial charge on any atom is -0.481 e. The van der Waals surface area contributed by atoms with Crippen LogP contribution in [-0.2, 0) is 14.3 Å². The first-order chi connectivity index (χ1) is 20.6. The van der Waals surface area contributed by atoms with Crippen LogP contribution in [0.15, 0.2) is 53.5 Å². The van der Waals surface area contributed by atoms with E-state index in [9.17, 15) is 33.1 Å². The second-order valence-electron chi connectivity index (χ2n) is 10.3. The number of nitrogens with one attached hydrogen (secondary N) is 2. The molecular weight excluding hydrogens is 564 g/mol. The monoisotopic (exact) mass is 597 g/mol. The van der Waals surface area contributed by atoms with E-state index in [1.54, 1.807) is 0 Å². The number of methoxy groups -OCH3 is 1. The molecule has 0 saturated heterocycles. The zero-order chi connectivity index (χ0) is 31.1. The number of anilines is 1. The van der Waals surface area contributed by atoms with E-state index in [0.29, 0.717) is 24.4 Å². The predicted octanol–water partition coefficient (Wildman–Crippen LogP) is 4.08. The number of halogens is 2. The molecule has 2 aromatic carbocycles. The molecule has 13 heteroatoms. The van der Waals surface area contributed by atoms with Gasteiger partial charge in [0.25, 0.3) is 0 Å². The van der Waals surface area contributed by atoms with Gasteiger partial charge in [-0.15, -0.1) is 0 Å². The van der Waals surface area contributed by atoms with Gasteiger partial charge in [0, 0.05) is 45.9 Å². The first-order valence-corrected chi connectivity index (χ1v) is 13.7. The Morgan fingerprint density at radius 1 is 1.14 bits per heavy atom. The van der Waals surface area contributed by atoms with Gasteiger partial charge in [0.1, 0.15) is 5.92 Å². The van der Waals surface area contributed by atoms with E-state index >= 15 is 0 Å². The molecule has 0 fully saturated rings.